The van der Waals surface area contributed by atoms with Crippen LogP contribution in [-0.4, -0.2) is 69.4 Å². The Labute approximate surface area is 230 Å². The monoisotopic (exact) mass is 557 g/mol. The number of nitrogens with two attached hydrogens (primary N) is 1. The summed E-state index contributed by atoms with van der Waals surface area (Å²) in [5, 5.41) is 4.10. The molecule has 2 aliphatic heterocycles. The lowest BCUT2D eigenvalue weighted by molar-refractivity contribution is 0.0688. The molecule has 4 heterocycles. The zero-order valence-electron chi connectivity index (χ0n) is 22.5. The Morgan fingerprint density at radius 2 is 1.90 bits per heavy atom. The molecule has 2 aliphatic rings. The normalized spacial score (nSPS) is 20.1. The van der Waals surface area contributed by atoms with Crippen LogP contribution in [-0.2, 0) is 11.3 Å². The second kappa shape index (κ2) is 12.1. The van der Waals surface area contributed by atoms with Crippen molar-refractivity contribution in [2.75, 3.05) is 31.1 Å². The summed E-state index contributed by atoms with van der Waals surface area (Å²) < 4.78 is 44.3. The summed E-state index contributed by atoms with van der Waals surface area (Å²) in [5.74, 6) is 0.714. The van der Waals surface area contributed by atoms with Crippen LogP contribution < -0.4 is 15.4 Å². The van der Waals surface area contributed by atoms with E-state index in [1.54, 1.807) is 17.3 Å². The quantitative estimate of drug-likeness (QED) is 0.458. The molecule has 0 aliphatic carbocycles. The second-order valence-corrected chi connectivity index (χ2v) is 10.4. The zero-order chi connectivity index (χ0) is 28.2. The van der Waals surface area contributed by atoms with Crippen LogP contribution in [0, 0.1) is 11.6 Å². The van der Waals surface area contributed by atoms with Crippen LogP contribution in [0.3, 0.4) is 0 Å². The molecule has 3 aromatic rings. The number of rotatable bonds is 7. The molecule has 0 radical (unpaired) electrons. The fraction of sp³-hybridized carbons (Fsp3) is 0.519. The lowest BCUT2D eigenvalue weighted by Gasteiger charge is -2.37. The highest BCUT2D eigenvalue weighted by Gasteiger charge is 2.31. The number of halogens is 2. The minimum Gasteiger partial charge on any atom is -0.481 e. The Morgan fingerprint density at radius 3 is 2.60 bits per heavy atom. The van der Waals surface area contributed by atoms with E-state index in [1.165, 1.54) is 6.07 Å². The molecule has 0 bridgehead atoms. The number of hydrogen-bond acceptors (Lipinski definition) is 10. The number of benzene rings is 1. The molecule has 40 heavy (non-hydrogen) atoms. The maximum atomic E-state index is 14.3. The van der Waals surface area contributed by atoms with Crippen molar-refractivity contribution in [3.05, 3.63) is 59.5 Å². The highest BCUT2D eigenvalue weighted by molar-refractivity contribution is 5.67. The predicted molar refractivity (Wildman–Crippen MR) is 140 cm³/mol. The maximum Gasteiger partial charge on any atom is 0.410 e. The zero-order valence-corrected chi connectivity index (χ0v) is 22.5. The van der Waals surface area contributed by atoms with Gasteiger partial charge in [-0.3, -0.25) is 0 Å². The molecule has 2 unspecified atom stereocenters. The topological polar surface area (TPSA) is 133 Å². The van der Waals surface area contributed by atoms with Crippen molar-refractivity contribution in [1.29, 1.82) is 0 Å². The Bertz CT molecular complexity index is 1300. The van der Waals surface area contributed by atoms with Crippen molar-refractivity contribution in [2.24, 2.45) is 5.73 Å². The summed E-state index contributed by atoms with van der Waals surface area (Å²) in [6.07, 6.45) is 4.65. The summed E-state index contributed by atoms with van der Waals surface area (Å²) in [5.41, 5.74) is 6.64. The Hall–Kier alpha value is -3.87. The molecule has 2 fully saturated rings. The van der Waals surface area contributed by atoms with E-state index >= 15 is 0 Å². The van der Waals surface area contributed by atoms with Crippen LogP contribution in [0.4, 0.5) is 19.5 Å². The highest BCUT2D eigenvalue weighted by Crippen LogP contribution is 2.31. The molecule has 1 aromatic carbocycles. The van der Waals surface area contributed by atoms with Gasteiger partial charge in [0.15, 0.2) is 18.2 Å². The van der Waals surface area contributed by atoms with Crippen LogP contribution in [0.2, 0.25) is 0 Å². The molecule has 1 amide bonds. The first-order valence-electron chi connectivity index (χ1n) is 13.4. The van der Waals surface area contributed by atoms with Gasteiger partial charge in [-0.05, 0) is 56.9 Å². The van der Waals surface area contributed by atoms with Crippen molar-refractivity contribution >= 4 is 12.0 Å². The first kappa shape index (κ1) is 27.7. The molecule has 5 rings (SSSR count). The molecule has 13 heteroatoms. The Kier molecular flexibility index (Phi) is 8.38. The van der Waals surface area contributed by atoms with E-state index in [0.29, 0.717) is 61.6 Å². The molecule has 214 valence electrons. The van der Waals surface area contributed by atoms with Gasteiger partial charge in [-0.15, -0.1) is 0 Å². The minimum absolute atomic E-state index is 0.0603. The third-order valence-corrected chi connectivity index (χ3v) is 7.21. The smallest absolute Gasteiger partial charge is 0.410 e. The van der Waals surface area contributed by atoms with E-state index in [2.05, 4.69) is 20.1 Å². The molecule has 2 aromatic heterocycles. The number of piperidine rings is 2. The molecular formula is C27H33F2N7O4. The van der Waals surface area contributed by atoms with E-state index in [1.807, 2.05) is 18.7 Å². The van der Waals surface area contributed by atoms with Gasteiger partial charge >= 0.3 is 6.09 Å². The van der Waals surface area contributed by atoms with Crippen molar-refractivity contribution in [3.8, 4) is 5.75 Å². The number of carbonyl (C=O) groups excluding carboxylic acids is 1. The van der Waals surface area contributed by atoms with Gasteiger partial charge in [0.05, 0.1) is 18.5 Å². The average Bonchev–Trinajstić information content (AvgIpc) is 3.42. The number of hydrogen-bond donors (Lipinski definition) is 1. The molecule has 0 spiro atoms. The van der Waals surface area contributed by atoms with E-state index < -0.39 is 17.7 Å². The highest BCUT2D eigenvalue weighted by atomic mass is 19.1. The van der Waals surface area contributed by atoms with Gasteiger partial charge in [0.25, 0.3) is 5.89 Å². The predicted octanol–water partition coefficient (Wildman–Crippen LogP) is 3.76. The van der Waals surface area contributed by atoms with Gasteiger partial charge in [0, 0.05) is 44.1 Å². The Balaban J connectivity index is 1.10. The molecule has 2 N–H and O–H groups in total. The third-order valence-electron chi connectivity index (χ3n) is 7.21. The van der Waals surface area contributed by atoms with E-state index in [0.717, 1.165) is 25.0 Å². The summed E-state index contributed by atoms with van der Waals surface area (Å²) in [6, 6.07) is 3.06. The van der Waals surface area contributed by atoms with Crippen molar-refractivity contribution in [2.45, 2.75) is 63.7 Å². The number of carbonyl (C=O) groups is 1. The van der Waals surface area contributed by atoms with Crippen LogP contribution in [0.15, 0.2) is 35.1 Å². The number of aromatic nitrogens is 4. The fourth-order valence-corrected chi connectivity index (χ4v) is 5.13. The second-order valence-electron chi connectivity index (χ2n) is 10.4. The molecule has 0 saturated carbocycles. The summed E-state index contributed by atoms with van der Waals surface area (Å²) in [7, 11) is 0. The van der Waals surface area contributed by atoms with Gasteiger partial charge in [-0.1, -0.05) is 5.16 Å². The first-order valence-corrected chi connectivity index (χ1v) is 13.4. The molecule has 11 nitrogen and oxygen atoms in total. The van der Waals surface area contributed by atoms with Crippen molar-refractivity contribution < 1.29 is 27.6 Å². The van der Waals surface area contributed by atoms with Crippen LogP contribution in [0.25, 0.3) is 0 Å². The number of likely N-dealkylation sites (tertiary alicyclic amines) is 1. The lowest BCUT2D eigenvalue weighted by Crippen LogP contribution is -2.48. The Morgan fingerprint density at radius 1 is 1.15 bits per heavy atom. The first-order chi connectivity index (χ1) is 19.3. The van der Waals surface area contributed by atoms with E-state index in [9.17, 15) is 13.6 Å². The van der Waals surface area contributed by atoms with Crippen molar-refractivity contribution in [1.82, 2.24) is 25.0 Å². The largest absolute Gasteiger partial charge is 0.481 e. The standard InChI is InChI=1S/C27H33F2N7O4/c1-16(2)39-27(37)35-8-5-17(6-9-35)25-33-24(40-34-25)15-38-19-12-31-26(32-13-19)36-10-7-20(23(30)14-36)21-11-18(28)3-4-22(21)29/h3-4,11-13,16-17,20,23H,5-10,14-15,30H2,1-2H3. The molecular weight excluding hydrogens is 524 g/mol. The number of anilines is 1. The minimum atomic E-state index is -0.479. The van der Waals surface area contributed by atoms with Gasteiger partial charge in [-0.25, -0.2) is 23.5 Å². The van der Waals surface area contributed by atoms with Crippen LogP contribution in [0.5, 0.6) is 5.75 Å². The van der Waals surface area contributed by atoms with E-state index in [4.69, 9.17) is 19.7 Å². The number of ether oxygens (including phenoxy) is 2. The third kappa shape index (κ3) is 6.46. The molecule has 2 atom stereocenters. The van der Waals surface area contributed by atoms with Gasteiger partial charge in [0.2, 0.25) is 5.95 Å². The van der Waals surface area contributed by atoms with Gasteiger partial charge in [-0.2, -0.15) is 4.98 Å². The summed E-state index contributed by atoms with van der Waals surface area (Å²) in [4.78, 5) is 28.9. The van der Waals surface area contributed by atoms with Crippen LogP contribution >= 0.6 is 0 Å². The van der Waals surface area contributed by atoms with E-state index in [-0.39, 0.29) is 30.6 Å². The average molecular weight is 558 g/mol. The summed E-state index contributed by atoms with van der Waals surface area (Å²) in [6.45, 7) is 5.82. The summed E-state index contributed by atoms with van der Waals surface area (Å²) >= 11 is 0. The van der Waals surface area contributed by atoms with Crippen molar-refractivity contribution in [3.63, 3.8) is 0 Å². The van der Waals surface area contributed by atoms with Gasteiger partial charge in [0.1, 0.15) is 11.6 Å². The van der Waals surface area contributed by atoms with Crippen LogP contribution in [0.1, 0.15) is 62.2 Å². The lowest BCUT2D eigenvalue weighted by atomic mass is 9.85. The van der Waals surface area contributed by atoms with Gasteiger partial charge < -0.3 is 29.5 Å². The fourth-order valence-electron chi connectivity index (χ4n) is 5.13. The molecule has 2 saturated heterocycles. The SMILES string of the molecule is CC(C)OC(=O)N1CCC(c2noc(COc3cnc(N4CCC(c5cc(F)ccc5F)C(N)C4)nc3)n2)CC1. The number of amides is 1. The number of nitrogens with zero attached hydrogens (tertiary/aromatic N) is 6. The maximum absolute atomic E-state index is 14.3.